The third-order valence-corrected chi connectivity index (χ3v) is 10.7. The van der Waals surface area contributed by atoms with Crippen molar-refractivity contribution >= 4 is 17.9 Å². The Bertz CT molecular complexity index is 858. The van der Waals surface area contributed by atoms with Gasteiger partial charge >= 0.3 is 11.9 Å². The highest BCUT2D eigenvalue weighted by molar-refractivity contribution is 5.70. The lowest BCUT2D eigenvalue weighted by Gasteiger charge is -2.34. The normalized spacial score (nSPS) is 12.8. The van der Waals surface area contributed by atoms with Crippen LogP contribution in [-0.2, 0) is 28.6 Å². The van der Waals surface area contributed by atoms with Crippen LogP contribution in [0.25, 0.3) is 0 Å². The molecule has 0 radical (unpaired) electrons. The fraction of sp³-hybridized carbons (Fsp3) is 0.935. The fourth-order valence-corrected chi connectivity index (χ4v) is 7.13. The van der Waals surface area contributed by atoms with Crippen molar-refractivity contribution in [2.45, 2.75) is 238 Å². The van der Waals surface area contributed by atoms with Crippen LogP contribution < -0.4 is 5.11 Å². The Morgan fingerprint density at radius 1 is 0.481 bits per heavy atom. The van der Waals surface area contributed by atoms with Crippen molar-refractivity contribution in [1.82, 2.24) is 0 Å². The van der Waals surface area contributed by atoms with E-state index in [1.807, 2.05) is 0 Å². The van der Waals surface area contributed by atoms with E-state index in [9.17, 15) is 19.5 Å². The number of esters is 2. The lowest BCUT2D eigenvalue weighted by Crippen LogP contribution is -2.55. The number of carboxylic acids is 1. The van der Waals surface area contributed by atoms with Gasteiger partial charge in [-0.05, 0) is 12.8 Å². The number of hydrogen-bond acceptors (Lipinski definition) is 7. The standard InChI is InChI=1S/C46H89NO7/c1-6-8-10-12-14-16-18-19-20-21-22-23-24-25-26-27-29-31-33-35-37-45(49)54-42(40-52-39-38-43(46(50)51)47(3,4)5)41-53-44(48)36-34-32-30-28-17-15-13-11-9-7-2/h42-43H,6-41H2,1-5H3. The van der Waals surface area contributed by atoms with E-state index < -0.39 is 18.1 Å². The van der Waals surface area contributed by atoms with Crippen molar-refractivity contribution < 1.29 is 38.2 Å². The summed E-state index contributed by atoms with van der Waals surface area (Å²) in [6.07, 6.45) is 38.4. The van der Waals surface area contributed by atoms with Crippen LogP contribution in [0.3, 0.4) is 0 Å². The molecule has 54 heavy (non-hydrogen) atoms. The predicted molar refractivity (Wildman–Crippen MR) is 222 cm³/mol. The maximum atomic E-state index is 12.7. The first kappa shape index (κ1) is 52.3. The molecular formula is C46H89NO7. The maximum absolute atomic E-state index is 12.7. The average Bonchev–Trinajstić information content (AvgIpc) is 3.12. The highest BCUT2D eigenvalue weighted by Crippen LogP contribution is 2.16. The zero-order chi connectivity index (χ0) is 40.0. The first-order chi connectivity index (χ1) is 26.1. The quantitative estimate of drug-likeness (QED) is 0.0346. The number of aliphatic carboxylic acids is 1. The summed E-state index contributed by atoms with van der Waals surface area (Å²) >= 11 is 0. The van der Waals surface area contributed by atoms with Crippen LogP contribution in [0.4, 0.5) is 0 Å². The summed E-state index contributed by atoms with van der Waals surface area (Å²) < 4.78 is 17.2. The molecule has 0 aliphatic heterocycles. The number of quaternary nitrogens is 1. The molecule has 0 heterocycles. The van der Waals surface area contributed by atoms with Gasteiger partial charge in [0.1, 0.15) is 12.6 Å². The molecule has 0 rings (SSSR count). The largest absolute Gasteiger partial charge is 0.544 e. The van der Waals surface area contributed by atoms with Crippen LogP contribution in [-0.4, -0.2) is 75.5 Å². The van der Waals surface area contributed by atoms with Gasteiger partial charge in [0.15, 0.2) is 6.10 Å². The van der Waals surface area contributed by atoms with Gasteiger partial charge in [0, 0.05) is 19.3 Å². The van der Waals surface area contributed by atoms with E-state index in [4.69, 9.17) is 14.2 Å². The zero-order valence-electron chi connectivity index (χ0n) is 36.4. The minimum atomic E-state index is -1.12. The van der Waals surface area contributed by atoms with Crippen LogP contribution >= 0.6 is 0 Å². The number of unbranched alkanes of at least 4 members (excludes halogenated alkanes) is 28. The molecule has 0 spiro atoms. The van der Waals surface area contributed by atoms with Gasteiger partial charge in [-0.1, -0.05) is 194 Å². The van der Waals surface area contributed by atoms with E-state index in [1.165, 1.54) is 154 Å². The van der Waals surface area contributed by atoms with Crippen molar-refractivity contribution in [3.05, 3.63) is 0 Å². The van der Waals surface area contributed by atoms with Gasteiger partial charge in [-0.25, -0.2) is 0 Å². The van der Waals surface area contributed by atoms with Gasteiger partial charge in [-0.15, -0.1) is 0 Å². The van der Waals surface area contributed by atoms with E-state index in [-0.39, 0.29) is 42.7 Å². The van der Waals surface area contributed by atoms with Crippen molar-refractivity contribution in [3.8, 4) is 0 Å². The fourth-order valence-electron chi connectivity index (χ4n) is 7.13. The summed E-state index contributed by atoms with van der Waals surface area (Å²) in [5, 5.41) is 11.6. The minimum absolute atomic E-state index is 0.0490. The van der Waals surface area contributed by atoms with Gasteiger partial charge in [-0.2, -0.15) is 0 Å². The summed E-state index contributed by atoms with van der Waals surface area (Å²) in [6, 6.07) is -0.718. The molecule has 0 N–H and O–H groups in total. The highest BCUT2D eigenvalue weighted by Gasteiger charge is 2.25. The zero-order valence-corrected chi connectivity index (χ0v) is 36.4. The number of carboxylic acid groups (broad SMARTS) is 1. The average molecular weight is 768 g/mol. The predicted octanol–water partition coefficient (Wildman–Crippen LogP) is 11.2. The van der Waals surface area contributed by atoms with E-state index >= 15 is 0 Å². The van der Waals surface area contributed by atoms with Crippen molar-refractivity contribution in [1.29, 1.82) is 0 Å². The number of ether oxygens (including phenoxy) is 3. The summed E-state index contributed by atoms with van der Waals surface area (Å²) in [7, 11) is 5.42. The lowest BCUT2D eigenvalue weighted by molar-refractivity contribution is -0.889. The monoisotopic (exact) mass is 768 g/mol. The molecule has 2 atom stereocenters. The molecule has 0 aromatic carbocycles. The molecule has 8 heteroatoms. The molecule has 0 bridgehead atoms. The molecule has 8 nitrogen and oxygen atoms in total. The lowest BCUT2D eigenvalue weighted by atomic mass is 10.0. The molecule has 320 valence electrons. The van der Waals surface area contributed by atoms with Gasteiger partial charge in [0.25, 0.3) is 0 Å². The van der Waals surface area contributed by atoms with E-state index in [0.717, 1.165) is 38.5 Å². The molecule has 0 aromatic heterocycles. The number of likely N-dealkylation sites (N-methyl/N-ethyl adjacent to an activating group) is 1. The Kier molecular flexibility index (Phi) is 37.0. The second kappa shape index (κ2) is 38.2. The molecule has 0 aliphatic carbocycles. The van der Waals surface area contributed by atoms with Crippen LogP contribution in [0.1, 0.15) is 226 Å². The molecule has 0 aliphatic rings. The van der Waals surface area contributed by atoms with Crippen molar-refractivity contribution in [3.63, 3.8) is 0 Å². The number of carbonyl (C=O) groups excluding carboxylic acids is 3. The summed E-state index contributed by atoms with van der Waals surface area (Å²) in [5.41, 5.74) is 0. The Morgan fingerprint density at radius 3 is 1.15 bits per heavy atom. The summed E-state index contributed by atoms with van der Waals surface area (Å²) in [6.45, 7) is 4.69. The van der Waals surface area contributed by atoms with Gasteiger partial charge < -0.3 is 28.6 Å². The SMILES string of the molecule is CCCCCCCCCCCCCCCCCCCCCCC(=O)OC(COCCC(C(=O)[O-])[N+](C)(C)C)COC(=O)CCCCCCCCCCCC. The summed E-state index contributed by atoms with van der Waals surface area (Å²) in [4.78, 5) is 36.8. The smallest absolute Gasteiger partial charge is 0.306 e. The number of carbonyl (C=O) groups is 3. The number of rotatable bonds is 42. The second-order valence-electron chi connectivity index (χ2n) is 17.0. The molecule has 2 unspecified atom stereocenters. The Labute approximate surface area is 334 Å². The van der Waals surface area contributed by atoms with Crippen molar-refractivity contribution in [2.24, 2.45) is 0 Å². The third-order valence-electron chi connectivity index (χ3n) is 10.7. The molecule has 0 fully saturated rings. The van der Waals surface area contributed by atoms with Crippen LogP contribution in [0.2, 0.25) is 0 Å². The third kappa shape index (κ3) is 36.0. The second-order valence-corrected chi connectivity index (χ2v) is 17.0. The Balaban J connectivity index is 4.19. The number of hydrogen-bond donors (Lipinski definition) is 0. The van der Waals surface area contributed by atoms with E-state index in [0.29, 0.717) is 12.8 Å². The molecular weight excluding hydrogens is 679 g/mol. The molecule has 0 aromatic rings. The first-order valence-electron chi connectivity index (χ1n) is 23.1. The van der Waals surface area contributed by atoms with Gasteiger partial charge in [0.05, 0.1) is 40.3 Å². The van der Waals surface area contributed by atoms with Crippen molar-refractivity contribution in [2.75, 3.05) is 41.0 Å². The van der Waals surface area contributed by atoms with Crippen LogP contribution in [0, 0.1) is 0 Å². The van der Waals surface area contributed by atoms with Crippen LogP contribution in [0.5, 0.6) is 0 Å². The van der Waals surface area contributed by atoms with Gasteiger partial charge in [0.2, 0.25) is 0 Å². The number of nitrogens with zero attached hydrogens (tertiary/aromatic N) is 1. The molecule has 0 saturated heterocycles. The molecule has 0 saturated carbocycles. The topological polar surface area (TPSA) is 102 Å². The minimum Gasteiger partial charge on any atom is -0.544 e. The Morgan fingerprint density at radius 2 is 0.815 bits per heavy atom. The first-order valence-corrected chi connectivity index (χ1v) is 23.1. The highest BCUT2D eigenvalue weighted by atomic mass is 16.6. The van der Waals surface area contributed by atoms with E-state index in [1.54, 1.807) is 21.1 Å². The summed E-state index contributed by atoms with van der Waals surface area (Å²) in [5.74, 6) is -1.72. The maximum Gasteiger partial charge on any atom is 0.306 e. The van der Waals surface area contributed by atoms with Crippen LogP contribution in [0.15, 0.2) is 0 Å². The van der Waals surface area contributed by atoms with Gasteiger partial charge in [-0.3, -0.25) is 9.59 Å². The Hall–Kier alpha value is -1.67. The molecule has 0 amide bonds. The van der Waals surface area contributed by atoms with E-state index in [2.05, 4.69) is 13.8 Å².